The molecule has 2 aromatic rings. The van der Waals surface area contributed by atoms with Gasteiger partial charge in [0.2, 0.25) is 15.9 Å². The zero-order valence-corrected chi connectivity index (χ0v) is 17.9. The lowest BCUT2D eigenvalue weighted by Crippen LogP contribution is -2.40. The number of thioether (sulfide) groups is 1. The van der Waals surface area contributed by atoms with Crippen LogP contribution in [0, 0.1) is 0 Å². The molecule has 3 rings (SSSR count). The number of halogens is 2. The predicted octanol–water partition coefficient (Wildman–Crippen LogP) is 3.75. The molecule has 28 heavy (non-hydrogen) atoms. The molecule has 10 heteroatoms. The van der Waals surface area contributed by atoms with E-state index in [1.165, 1.54) is 28.2 Å². The van der Waals surface area contributed by atoms with E-state index in [0.29, 0.717) is 46.9 Å². The number of carbonyl (C=O) groups is 1. The van der Waals surface area contributed by atoms with Crippen LogP contribution in [-0.4, -0.2) is 50.7 Å². The third-order valence-corrected chi connectivity index (χ3v) is 7.91. The van der Waals surface area contributed by atoms with E-state index in [1.54, 1.807) is 30.3 Å². The molecule has 0 saturated carbocycles. The van der Waals surface area contributed by atoms with Crippen molar-refractivity contribution in [3.8, 4) is 0 Å². The van der Waals surface area contributed by atoms with Gasteiger partial charge in [0.15, 0.2) is 0 Å². The Hall–Kier alpha value is -1.29. The average molecular weight is 461 g/mol. The lowest BCUT2D eigenvalue weighted by atomic mass is 10.3. The second-order valence-corrected chi connectivity index (χ2v) is 9.67. The summed E-state index contributed by atoms with van der Waals surface area (Å²) in [5, 5.41) is 3.71. The summed E-state index contributed by atoms with van der Waals surface area (Å²) in [5.41, 5.74) is 0.511. The van der Waals surface area contributed by atoms with Crippen LogP contribution in [-0.2, 0) is 19.6 Å². The number of sulfonamides is 1. The molecule has 150 valence electrons. The summed E-state index contributed by atoms with van der Waals surface area (Å²) >= 11 is 13.4. The highest BCUT2D eigenvalue weighted by Gasteiger charge is 2.26. The van der Waals surface area contributed by atoms with Crippen LogP contribution in [0.4, 0.5) is 5.69 Å². The molecule has 2 aromatic carbocycles. The van der Waals surface area contributed by atoms with Crippen molar-refractivity contribution in [3.63, 3.8) is 0 Å². The van der Waals surface area contributed by atoms with Crippen LogP contribution in [0.25, 0.3) is 0 Å². The number of hydrogen-bond donors (Lipinski definition) is 1. The molecule has 1 heterocycles. The van der Waals surface area contributed by atoms with E-state index in [4.69, 9.17) is 27.9 Å². The van der Waals surface area contributed by atoms with E-state index in [2.05, 4.69) is 5.32 Å². The summed E-state index contributed by atoms with van der Waals surface area (Å²) < 4.78 is 31.8. The van der Waals surface area contributed by atoms with E-state index < -0.39 is 10.0 Å². The predicted molar refractivity (Wildman–Crippen MR) is 112 cm³/mol. The Morgan fingerprint density at radius 2 is 1.68 bits per heavy atom. The first-order valence-electron chi connectivity index (χ1n) is 8.42. The molecule has 1 N–H and O–H groups in total. The fourth-order valence-electron chi connectivity index (χ4n) is 2.60. The first kappa shape index (κ1) is 21.4. The summed E-state index contributed by atoms with van der Waals surface area (Å²) in [6.45, 7) is 1.45. The van der Waals surface area contributed by atoms with Gasteiger partial charge in [-0.05, 0) is 36.4 Å². The fourth-order valence-corrected chi connectivity index (χ4v) is 5.49. The fraction of sp³-hybridized carbons (Fsp3) is 0.278. The maximum atomic E-state index is 12.6. The van der Waals surface area contributed by atoms with Gasteiger partial charge in [-0.25, -0.2) is 8.42 Å². The van der Waals surface area contributed by atoms with Crippen molar-refractivity contribution in [1.29, 1.82) is 0 Å². The van der Waals surface area contributed by atoms with Gasteiger partial charge in [0.05, 0.1) is 33.9 Å². The van der Waals surface area contributed by atoms with E-state index in [-0.39, 0.29) is 16.6 Å². The van der Waals surface area contributed by atoms with Crippen molar-refractivity contribution in [2.75, 3.05) is 37.4 Å². The molecule has 1 saturated heterocycles. The van der Waals surface area contributed by atoms with E-state index in [0.717, 1.165) is 0 Å². The van der Waals surface area contributed by atoms with Crippen LogP contribution in [0.5, 0.6) is 0 Å². The summed E-state index contributed by atoms with van der Waals surface area (Å²) in [4.78, 5) is 13.0. The van der Waals surface area contributed by atoms with Crippen molar-refractivity contribution in [2.24, 2.45) is 0 Å². The van der Waals surface area contributed by atoms with Crippen molar-refractivity contribution in [1.82, 2.24) is 4.31 Å². The molecule has 1 aliphatic heterocycles. The van der Waals surface area contributed by atoms with Gasteiger partial charge in [-0.2, -0.15) is 4.31 Å². The van der Waals surface area contributed by atoms with Crippen molar-refractivity contribution >= 4 is 56.6 Å². The van der Waals surface area contributed by atoms with Gasteiger partial charge in [0, 0.05) is 23.7 Å². The first-order valence-corrected chi connectivity index (χ1v) is 11.6. The molecule has 1 aliphatic rings. The number of nitrogens with zero attached hydrogens (tertiary/aromatic N) is 1. The number of morpholine rings is 1. The Morgan fingerprint density at radius 1 is 1.07 bits per heavy atom. The van der Waals surface area contributed by atoms with Gasteiger partial charge in [-0.3, -0.25) is 4.79 Å². The van der Waals surface area contributed by atoms with E-state index in [9.17, 15) is 13.2 Å². The minimum absolute atomic E-state index is 0.122. The standard InChI is InChI=1S/C18H18Cl2N2O4S2/c19-15-2-1-3-16(20)18(15)27-12-17(23)21-13-4-6-14(7-5-13)28(24,25)22-8-10-26-11-9-22/h1-7H,8-12H2,(H,21,23). The van der Waals surface area contributed by atoms with Crippen molar-refractivity contribution < 1.29 is 17.9 Å². The monoisotopic (exact) mass is 460 g/mol. The Bertz CT molecular complexity index is 926. The molecular formula is C18H18Cl2N2O4S2. The van der Waals surface area contributed by atoms with Gasteiger partial charge >= 0.3 is 0 Å². The van der Waals surface area contributed by atoms with Gasteiger partial charge in [-0.1, -0.05) is 29.3 Å². The number of nitrogens with one attached hydrogen (secondary N) is 1. The SMILES string of the molecule is O=C(CSc1c(Cl)cccc1Cl)Nc1ccc(S(=O)(=O)N2CCOCC2)cc1. The molecular weight excluding hydrogens is 443 g/mol. The normalized spacial score (nSPS) is 15.4. The molecule has 0 unspecified atom stereocenters. The smallest absolute Gasteiger partial charge is 0.243 e. The Morgan fingerprint density at radius 3 is 2.29 bits per heavy atom. The largest absolute Gasteiger partial charge is 0.379 e. The summed E-state index contributed by atoms with van der Waals surface area (Å²) in [6.07, 6.45) is 0. The van der Waals surface area contributed by atoms with Gasteiger partial charge in [-0.15, -0.1) is 11.8 Å². The summed E-state index contributed by atoms with van der Waals surface area (Å²) in [5.74, 6) is -0.123. The highest BCUT2D eigenvalue weighted by Crippen LogP contribution is 2.33. The number of ether oxygens (including phenoxy) is 1. The average Bonchev–Trinajstić information content (AvgIpc) is 2.69. The van der Waals surface area contributed by atoms with Crippen LogP contribution >= 0.6 is 35.0 Å². The maximum absolute atomic E-state index is 12.6. The number of amides is 1. The van der Waals surface area contributed by atoms with Crippen LogP contribution < -0.4 is 5.32 Å². The molecule has 6 nitrogen and oxygen atoms in total. The van der Waals surface area contributed by atoms with Gasteiger partial charge < -0.3 is 10.1 Å². The molecule has 0 spiro atoms. The van der Waals surface area contributed by atoms with Crippen LogP contribution in [0.15, 0.2) is 52.3 Å². The van der Waals surface area contributed by atoms with Gasteiger partial charge in [0.25, 0.3) is 0 Å². The highest BCUT2D eigenvalue weighted by atomic mass is 35.5. The zero-order valence-electron chi connectivity index (χ0n) is 14.7. The number of rotatable bonds is 6. The Balaban J connectivity index is 1.60. The minimum Gasteiger partial charge on any atom is -0.379 e. The summed E-state index contributed by atoms with van der Waals surface area (Å²) in [7, 11) is -3.56. The number of carbonyl (C=O) groups excluding carboxylic acids is 1. The maximum Gasteiger partial charge on any atom is 0.243 e. The van der Waals surface area contributed by atoms with E-state index >= 15 is 0 Å². The van der Waals surface area contributed by atoms with Crippen LogP contribution in [0.2, 0.25) is 10.0 Å². The summed E-state index contributed by atoms with van der Waals surface area (Å²) in [6, 6.07) is 11.3. The molecule has 1 amide bonds. The first-order chi connectivity index (χ1) is 13.4. The second kappa shape index (κ2) is 9.47. The zero-order chi connectivity index (χ0) is 20.1. The van der Waals surface area contributed by atoms with Crippen LogP contribution in [0.3, 0.4) is 0 Å². The number of hydrogen-bond acceptors (Lipinski definition) is 5. The second-order valence-electron chi connectivity index (χ2n) is 5.93. The lowest BCUT2D eigenvalue weighted by molar-refractivity contribution is -0.113. The topological polar surface area (TPSA) is 75.7 Å². The molecule has 0 radical (unpaired) electrons. The highest BCUT2D eigenvalue weighted by molar-refractivity contribution is 8.00. The molecule has 0 aliphatic carbocycles. The minimum atomic E-state index is -3.56. The third-order valence-electron chi connectivity index (χ3n) is 4.01. The van der Waals surface area contributed by atoms with Crippen molar-refractivity contribution in [2.45, 2.75) is 9.79 Å². The lowest BCUT2D eigenvalue weighted by Gasteiger charge is -2.26. The molecule has 1 fully saturated rings. The molecule has 0 bridgehead atoms. The third kappa shape index (κ3) is 5.20. The molecule has 0 aromatic heterocycles. The quantitative estimate of drug-likeness (QED) is 0.664. The van der Waals surface area contributed by atoms with Crippen molar-refractivity contribution in [3.05, 3.63) is 52.5 Å². The van der Waals surface area contributed by atoms with Gasteiger partial charge in [0.1, 0.15) is 0 Å². The number of benzene rings is 2. The molecule has 0 atom stereocenters. The Kier molecular flexibility index (Phi) is 7.25. The van der Waals surface area contributed by atoms with Crippen LogP contribution in [0.1, 0.15) is 0 Å². The number of anilines is 1. The Labute approximate surface area is 178 Å². The van der Waals surface area contributed by atoms with E-state index in [1.807, 2.05) is 0 Å².